The van der Waals surface area contributed by atoms with Crippen LogP contribution in [0.15, 0.2) is 160 Å². The van der Waals surface area contributed by atoms with Gasteiger partial charge in [0, 0.05) is 44.5 Å². The van der Waals surface area contributed by atoms with Crippen molar-refractivity contribution >= 4 is 152 Å². The van der Waals surface area contributed by atoms with Crippen molar-refractivity contribution in [1.29, 1.82) is 10.5 Å². The van der Waals surface area contributed by atoms with E-state index in [0.717, 1.165) is 30.3 Å². The molecule has 8 N–H and O–H groups in total. The number of nitriles is 2. The first-order valence-corrected chi connectivity index (χ1v) is 30.6. The average Bonchev–Trinajstić information content (AvgIpc) is 3.38. The van der Waals surface area contributed by atoms with Crippen molar-refractivity contribution < 1.29 is 69.6 Å². The number of thiophene rings is 1. The highest BCUT2D eigenvalue weighted by Gasteiger charge is 2.28. The second kappa shape index (κ2) is 22.4. The fraction of sp³-hybridized carbons (Fsp3) is 0.0213. The molecule has 414 valence electrons. The molecule has 81 heavy (non-hydrogen) atoms. The summed E-state index contributed by atoms with van der Waals surface area (Å²) >= 11 is 12.7. The van der Waals surface area contributed by atoms with Crippen molar-refractivity contribution in [3.63, 3.8) is 0 Å². The predicted octanol–water partition coefficient (Wildman–Crippen LogP) is 11.1. The van der Waals surface area contributed by atoms with Crippen molar-refractivity contribution in [3.05, 3.63) is 148 Å². The van der Waals surface area contributed by atoms with Crippen molar-refractivity contribution in [1.82, 2.24) is 4.98 Å². The third-order valence-electron chi connectivity index (χ3n) is 11.2. The number of carbonyl (C=O) groups is 1. The van der Waals surface area contributed by atoms with Gasteiger partial charge in [0.15, 0.2) is 16.6 Å². The molecule has 2 aromatic heterocycles. The fourth-order valence-corrected chi connectivity index (χ4v) is 12.5. The predicted molar refractivity (Wildman–Crippen MR) is 293 cm³/mol. The number of nitrogens with zero attached hydrogens (tertiary/aromatic N) is 7. The van der Waals surface area contributed by atoms with E-state index in [4.69, 9.17) is 23.2 Å². The quantitative estimate of drug-likeness (QED) is 0.0329. The Hall–Kier alpha value is -8.19. The van der Waals surface area contributed by atoms with Crippen LogP contribution in [0.1, 0.15) is 27.0 Å². The number of rotatable bonds is 16. The van der Waals surface area contributed by atoms with Gasteiger partial charge in [0.05, 0.1) is 26.2 Å². The number of benzene rings is 6. The lowest BCUT2D eigenvalue weighted by Gasteiger charge is -2.16. The minimum atomic E-state index is -5.44. The summed E-state index contributed by atoms with van der Waals surface area (Å²) in [5, 5.41) is 43.9. The number of azo groups is 2. The molecule has 0 aliphatic heterocycles. The van der Waals surface area contributed by atoms with Crippen LogP contribution in [0.4, 0.5) is 50.1 Å². The average molecular weight is 1250 g/mol. The van der Waals surface area contributed by atoms with Gasteiger partial charge in [-0.3, -0.25) is 27.6 Å². The summed E-state index contributed by atoms with van der Waals surface area (Å²) in [5.74, 6) is -1.10. The number of hydrogen-bond donors (Lipinski definition) is 8. The Kier molecular flexibility index (Phi) is 16.3. The van der Waals surface area contributed by atoms with Crippen LogP contribution in [0, 0.1) is 29.6 Å². The second-order valence-corrected chi connectivity index (χ2v) is 25.3. The Morgan fingerprint density at radius 3 is 1.59 bits per heavy atom. The third-order valence-corrected chi connectivity index (χ3v) is 17.5. The normalized spacial score (nSPS) is 12.4. The monoisotopic (exact) mass is 1250 g/mol. The fourth-order valence-electron chi connectivity index (χ4n) is 7.58. The number of hydrogen-bond acceptors (Lipinski definition) is 21. The lowest BCUT2D eigenvalue weighted by atomic mass is 10.0. The summed E-state index contributed by atoms with van der Waals surface area (Å²) in [6, 6.07) is 26.9. The molecule has 0 unspecified atom stereocenters. The smallest absolute Gasteiger partial charge is 0.296 e. The van der Waals surface area contributed by atoms with Crippen LogP contribution in [0.5, 0.6) is 0 Å². The van der Waals surface area contributed by atoms with E-state index in [9.17, 15) is 80.2 Å². The van der Waals surface area contributed by atoms with E-state index in [1.807, 2.05) is 12.1 Å². The molecule has 1 amide bonds. The number of pyridine rings is 1. The first-order valence-electron chi connectivity index (χ1n) is 21.8. The zero-order chi connectivity index (χ0) is 59.1. The molecule has 2 heterocycles. The van der Waals surface area contributed by atoms with E-state index in [1.165, 1.54) is 43.3 Å². The molecule has 0 spiro atoms. The van der Waals surface area contributed by atoms with Crippen molar-refractivity contribution in [2.24, 2.45) is 20.5 Å². The molecule has 0 bridgehead atoms. The third kappa shape index (κ3) is 13.0. The molecule has 0 saturated heterocycles. The Morgan fingerprint density at radius 1 is 0.556 bits per heavy atom. The molecular formula is C47H30Cl2N10O16S6. The highest BCUT2D eigenvalue weighted by atomic mass is 35.5. The molecular weight excluding hydrogens is 1220 g/mol. The van der Waals surface area contributed by atoms with Crippen LogP contribution in [0.3, 0.4) is 0 Å². The number of fused-ring (bicyclic) bond motifs is 1. The maximum Gasteiger partial charge on any atom is 0.296 e. The van der Waals surface area contributed by atoms with E-state index in [1.54, 1.807) is 30.3 Å². The summed E-state index contributed by atoms with van der Waals surface area (Å²) in [6.45, 7) is 1.37. The van der Waals surface area contributed by atoms with Gasteiger partial charge in [-0.15, -0.1) is 20.5 Å². The Morgan fingerprint density at radius 2 is 1.06 bits per heavy atom. The van der Waals surface area contributed by atoms with Gasteiger partial charge >= 0.3 is 0 Å². The largest absolute Gasteiger partial charge is 0.339 e. The van der Waals surface area contributed by atoms with Gasteiger partial charge in [0.2, 0.25) is 0 Å². The number of halogens is 2. The number of aromatic nitrogens is 1. The summed E-state index contributed by atoms with van der Waals surface area (Å²) < 4.78 is 173. The van der Waals surface area contributed by atoms with Crippen LogP contribution in [-0.2, 0) is 50.6 Å². The lowest BCUT2D eigenvalue weighted by molar-refractivity contribution is 0.102. The van der Waals surface area contributed by atoms with Gasteiger partial charge in [0.1, 0.15) is 48.0 Å². The highest BCUT2D eigenvalue weighted by molar-refractivity contribution is 7.87. The summed E-state index contributed by atoms with van der Waals surface area (Å²) in [5.41, 5.74) is -0.870. The summed E-state index contributed by atoms with van der Waals surface area (Å²) in [4.78, 5) is 12.4. The zero-order valence-corrected chi connectivity index (χ0v) is 46.4. The van der Waals surface area contributed by atoms with Gasteiger partial charge < -0.3 is 16.0 Å². The Balaban J connectivity index is 1.32. The number of amides is 1. The lowest BCUT2D eigenvalue weighted by Crippen LogP contribution is -2.11. The first-order chi connectivity index (χ1) is 37.8. The molecule has 0 radical (unpaired) electrons. The summed E-state index contributed by atoms with van der Waals surface area (Å²) in [7, 11) is -25.9. The van der Waals surface area contributed by atoms with Crippen LogP contribution in [-0.4, -0.2) is 75.7 Å². The first kappa shape index (κ1) is 58.9. The van der Waals surface area contributed by atoms with E-state index in [0.29, 0.717) is 35.1 Å². The molecule has 34 heteroatoms. The van der Waals surface area contributed by atoms with Crippen LogP contribution in [0.2, 0.25) is 10.0 Å². The zero-order valence-electron chi connectivity index (χ0n) is 40.0. The minimum absolute atomic E-state index is 0.0311. The maximum absolute atomic E-state index is 13.0. The molecule has 26 nitrogen and oxygen atoms in total. The van der Waals surface area contributed by atoms with Crippen molar-refractivity contribution in [2.45, 2.75) is 31.4 Å². The minimum Gasteiger partial charge on any atom is -0.339 e. The summed E-state index contributed by atoms with van der Waals surface area (Å²) in [6.07, 6.45) is 0. The molecule has 0 saturated carbocycles. The number of carbonyl (C=O) groups excluding carboxylic acids is 1. The molecule has 8 aromatic rings. The van der Waals surface area contributed by atoms with E-state index < -0.39 is 97.4 Å². The Labute approximate surface area is 472 Å². The second-order valence-electron chi connectivity index (χ2n) is 16.5. The molecule has 6 aromatic carbocycles. The van der Waals surface area contributed by atoms with Crippen molar-refractivity contribution in [2.75, 3.05) is 16.0 Å². The van der Waals surface area contributed by atoms with E-state index >= 15 is 0 Å². The van der Waals surface area contributed by atoms with Crippen LogP contribution in [0.25, 0.3) is 21.9 Å². The molecule has 0 aliphatic carbocycles. The standard InChI is InChI=1S/C47H30Cl2N10O16S6/c1-23-33(21-50)43(52-27-11-13-35(48)39(16-27)80(70,71)72)55-44(53-28-12-14-36(49)40(17-28)81(73,74)75)42(23)57-58-46-34(22-51)41(24-7-9-26(10-8-24)54-45(60)25-5-3-2-4-6-25)47(76-46)59-56-29-15-31-32(37(18-29)78(64,65)66)19-30(77(61,62)63)20-38(31)79(67,68)69/h2-20H,1H3,(H,54,60)(H2,52,53,55)(H,61,62,63)(H,64,65,66)(H,67,68,69)(H,70,71,72)(H,73,74,75). The van der Waals surface area contributed by atoms with E-state index in [2.05, 4.69) is 41.4 Å². The van der Waals surface area contributed by atoms with Gasteiger partial charge in [-0.25, -0.2) is 4.98 Å². The maximum atomic E-state index is 13.0. The van der Waals surface area contributed by atoms with Crippen LogP contribution < -0.4 is 16.0 Å². The van der Waals surface area contributed by atoms with Crippen molar-refractivity contribution in [3.8, 4) is 23.3 Å². The van der Waals surface area contributed by atoms with Crippen LogP contribution >= 0.6 is 34.5 Å². The van der Waals surface area contributed by atoms with Gasteiger partial charge in [-0.2, -0.15) is 52.6 Å². The number of nitrogens with one attached hydrogen (secondary N) is 3. The molecule has 0 aliphatic rings. The highest BCUT2D eigenvalue weighted by Crippen LogP contribution is 2.49. The topological polar surface area (TPSA) is 435 Å². The molecule has 0 fully saturated rings. The SMILES string of the molecule is Cc1c(C#N)c(Nc2ccc(Cl)c(S(=O)(=O)O)c2)nc(Nc2ccc(Cl)c(S(=O)(=O)O)c2)c1N=Nc1sc(N=Nc2cc(S(=O)(=O)O)c3cc(S(=O)(=O)O)cc(S(=O)(=O)O)c3c2)c(-c2ccc(NC(=O)c3ccccc3)cc2)c1C#N. The molecule has 0 atom stereocenters. The van der Waals surface area contributed by atoms with Gasteiger partial charge in [0.25, 0.3) is 56.5 Å². The van der Waals surface area contributed by atoms with Gasteiger partial charge in [-0.1, -0.05) is 64.9 Å². The molecule has 8 rings (SSSR count). The van der Waals surface area contributed by atoms with E-state index in [-0.39, 0.29) is 82.2 Å². The van der Waals surface area contributed by atoms with Gasteiger partial charge in [-0.05, 0) is 97.4 Å². The Bertz CT molecular complexity index is 4730. The number of anilines is 5.